The highest BCUT2D eigenvalue weighted by Crippen LogP contribution is 2.20. The highest BCUT2D eigenvalue weighted by molar-refractivity contribution is 7.90. The van der Waals surface area contributed by atoms with Crippen LogP contribution in [0.1, 0.15) is 0 Å². The van der Waals surface area contributed by atoms with E-state index in [0.717, 1.165) is 4.31 Å². The Morgan fingerprint density at radius 2 is 1.74 bits per heavy atom. The lowest BCUT2D eigenvalue weighted by molar-refractivity contribution is 0.458. The normalized spacial score (nSPS) is 12.8. The van der Waals surface area contributed by atoms with Crippen molar-refractivity contribution in [2.24, 2.45) is 0 Å². The lowest BCUT2D eigenvalue weighted by Gasteiger charge is -2.12. The van der Waals surface area contributed by atoms with Crippen LogP contribution in [-0.4, -0.2) is 52.6 Å². The number of rotatable bonds is 6. The van der Waals surface area contributed by atoms with Gasteiger partial charge in [-0.3, -0.25) is 0 Å². The van der Waals surface area contributed by atoms with Crippen molar-refractivity contribution in [3.63, 3.8) is 0 Å². The van der Waals surface area contributed by atoms with Crippen LogP contribution < -0.4 is 4.72 Å². The molecule has 0 aliphatic carbocycles. The summed E-state index contributed by atoms with van der Waals surface area (Å²) < 4.78 is 49.7. The van der Waals surface area contributed by atoms with Crippen molar-refractivity contribution in [2.75, 3.05) is 26.4 Å². The van der Waals surface area contributed by atoms with Gasteiger partial charge in [0, 0.05) is 20.6 Å². The molecule has 0 saturated heterocycles. The molecular weight excluding hydrogens is 292 g/mol. The lowest BCUT2D eigenvalue weighted by Crippen LogP contribution is -2.33. The predicted octanol–water partition coefficient (Wildman–Crippen LogP) is -0.438. The molecule has 0 unspecified atom stereocenters. The monoisotopic (exact) mass is 308 g/mol. The largest absolute Gasteiger partial charge is 0.507 e. The van der Waals surface area contributed by atoms with Crippen LogP contribution in [-0.2, 0) is 20.0 Å². The first-order valence-electron chi connectivity index (χ1n) is 5.35. The van der Waals surface area contributed by atoms with Crippen LogP contribution in [0.2, 0.25) is 0 Å². The van der Waals surface area contributed by atoms with Crippen LogP contribution in [0.25, 0.3) is 0 Å². The van der Waals surface area contributed by atoms with Crippen molar-refractivity contribution in [2.45, 2.75) is 4.90 Å². The van der Waals surface area contributed by atoms with Gasteiger partial charge in [-0.15, -0.1) is 0 Å². The summed E-state index contributed by atoms with van der Waals surface area (Å²) in [5.74, 6) is -0.738. The molecular formula is C10H16N2O5S2. The third-order valence-electron chi connectivity index (χ3n) is 2.36. The van der Waals surface area contributed by atoms with Gasteiger partial charge in [0.25, 0.3) is 0 Å². The van der Waals surface area contributed by atoms with Crippen LogP contribution in [0, 0.1) is 0 Å². The minimum Gasteiger partial charge on any atom is -0.507 e. The van der Waals surface area contributed by atoms with Gasteiger partial charge < -0.3 is 5.11 Å². The molecule has 0 amide bonds. The molecule has 0 saturated carbocycles. The first kappa shape index (κ1) is 15.9. The molecule has 0 atom stereocenters. The van der Waals surface area contributed by atoms with E-state index in [-0.39, 0.29) is 22.9 Å². The van der Waals surface area contributed by atoms with Crippen molar-refractivity contribution < 1.29 is 21.9 Å². The number of phenolic OH excluding ortho intramolecular Hbond substituents is 1. The SMILES string of the molecule is CN(C)S(=O)(=O)CCNS(=O)(=O)c1ccccc1O. The highest BCUT2D eigenvalue weighted by Gasteiger charge is 2.20. The number of aromatic hydroxyl groups is 1. The maximum Gasteiger partial charge on any atom is 0.244 e. The van der Waals surface area contributed by atoms with E-state index in [1.165, 1.54) is 38.4 Å². The predicted molar refractivity (Wildman–Crippen MR) is 70.8 cm³/mol. The van der Waals surface area contributed by atoms with E-state index in [1.807, 2.05) is 0 Å². The van der Waals surface area contributed by atoms with Crippen LogP contribution in [0.4, 0.5) is 0 Å². The van der Waals surface area contributed by atoms with Gasteiger partial charge >= 0.3 is 0 Å². The Morgan fingerprint density at radius 3 is 2.26 bits per heavy atom. The van der Waals surface area contributed by atoms with E-state index in [2.05, 4.69) is 4.72 Å². The van der Waals surface area contributed by atoms with Crippen molar-refractivity contribution in [3.05, 3.63) is 24.3 Å². The Kier molecular flexibility index (Phi) is 4.91. The second kappa shape index (κ2) is 5.87. The molecule has 1 rings (SSSR count). The van der Waals surface area contributed by atoms with Crippen LogP contribution >= 0.6 is 0 Å². The first-order valence-corrected chi connectivity index (χ1v) is 8.44. The molecule has 0 aliphatic heterocycles. The Balaban J connectivity index is 2.76. The van der Waals surface area contributed by atoms with E-state index >= 15 is 0 Å². The zero-order valence-corrected chi connectivity index (χ0v) is 12.2. The third kappa shape index (κ3) is 4.16. The third-order valence-corrected chi connectivity index (χ3v) is 5.70. The van der Waals surface area contributed by atoms with E-state index in [0.29, 0.717) is 0 Å². The summed E-state index contributed by atoms with van der Waals surface area (Å²) in [6.45, 7) is -0.267. The molecule has 9 heteroatoms. The number of nitrogens with one attached hydrogen (secondary N) is 1. The molecule has 0 spiro atoms. The number of nitrogens with zero attached hydrogens (tertiary/aromatic N) is 1. The molecule has 19 heavy (non-hydrogen) atoms. The Labute approximate surface area is 113 Å². The molecule has 0 aliphatic rings. The zero-order chi connectivity index (χ0) is 14.7. The maximum absolute atomic E-state index is 11.8. The van der Waals surface area contributed by atoms with Gasteiger partial charge in [0.2, 0.25) is 20.0 Å². The molecule has 0 fully saturated rings. The standard InChI is InChI=1S/C10H16N2O5S2/c1-12(2)18(14,15)8-7-11-19(16,17)10-6-4-3-5-9(10)13/h3-6,11,13H,7-8H2,1-2H3. The van der Waals surface area contributed by atoms with Gasteiger partial charge in [-0.05, 0) is 12.1 Å². The number of hydrogen-bond acceptors (Lipinski definition) is 5. The fourth-order valence-corrected chi connectivity index (χ4v) is 3.23. The van der Waals surface area contributed by atoms with E-state index < -0.39 is 20.0 Å². The highest BCUT2D eigenvalue weighted by atomic mass is 32.2. The van der Waals surface area contributed by atoms with Gasteiger partial charge in [0.15, 0.2) is 0 Å². The summed E-state index contributed by atoms with van der Waals surface area (Å²) in [6.07, 6.45) is 0. The van der Waals surface area contributed by atoms with Gasteiger partial charge in [0.1, 0.15) is 10.6 Å². The second-order valence-electron chi connectivity index (χ2n) is 3.96. The molecule has 2 N–H and O–H groups in total. The lowest BCUT2D eigenvalue weighted by atomic mass is 10.3. The van der Waals surface area contributed by atoms with Crippen LogP contribution in [0.3, 0.4) is 0 Å². The molecule has 108 valence electrons. The quantitative estimate of drug-likeness (QED) is 0.741. The second-order valence-corrected chi connectivity index (χ2v) is 8.00. The van der Waals surface area contributed by atoms with Crippen molar-refractivity contribution in [1.82, 2.24) is 9.03 Å². The van der Waals surface area contributed by atoms with E-state index in [9.17, 15) is 21.9 Å². The summed E-state index contributed by atoms with van der Waals surface area (Å²) in [5.41, 5.74) is 0. The van der Waals surface area contributed by atoms with Crippen molar-refractivity contribution >= 4 is 20.0 Å². The van der Waals surface area contributed by atoms with Gasteiger partial charge in [-0.2, -0.15) is 0 Å². The summed E-state index contributed by atoms with van der Waals surface area (Å²) in [4.78, 5) is -0.280. The maximum atomic E-state index is 11.8. The molecule has 1 aromatic rings. The van der Waals surface area contributed by atoms with Crippen molar-refractivity contribution in [1.29, 1.82) is 0 Å². The molecule has 1 aromatic carbocycles. The fraction of sp³-hybridized carbons (Fsp3) is 0.400. The summed E-state index contributed by atoms with van der Waals surface area (Å²) in [7, 11) is -4.66. The summed E-state index contributed by atoms with van der Waals surface area (Å²) in [6, 6.07) is 5.43. The summed E-state index contributed by atoms with van der Waals surface area (Å²) in [5, 5.41) is 9.45. The van der Waals surface area contributed by atoms with Gasteiger partial charge in [-0.1, -0.05) is 12.1 Å². The molecule has 0 bridgehead atoms. The average Bonchev–Trinajstić information content (AvgIpc) is 2.28. The minimum absolute atomic E-state index is 0.267. The number of benzene rings is 1. The number of para-hydroxylation sites is 1. The van der Waals surface area contributed by atoms with Gasteiger partial charge in [0.05, 0.1) is 5.75 Å². The average molecular weight is 308 g/mol. The first-order chi connectivity index (χ1) is 8.67. The molecule has 7 nitrogen and oxygen atoms in total. The van der Waals surface area contributed by atoms with E-state index in [1.54, 1.807) is 0 Å². The Bertz CT molecular complexity index is 638. The van der Waals surface area contributed by atoms with Crippen molar-refractivity contribution in [3.8, 4) is 5.75 Å². The van der Waals surface area contributed by atoms with E-state index in [4.69, 9.17) is 0 Å². The summed E-state index contributed by atoms with van der Waals surface area (Å²) >= 11 is 0. The molecule has 0 heterocycles. The van der Waals surface area contributed by atoms with Crippen LogP contribution in [0.15, 0.2) is 29.2 Å². The molecule has 0 aromatic heterocycles. The van der Waals surface area contributed by atoms with Gasteiger partial charge in [-0.25, -0.2) is 25.9 Å². The number of hydrogen-bond donors (Lipinski definition) is 2. The topological polar surface area (TPSA) is 104 Å². The zero-order valence-electron chi connectivity index (χ0n) is 10.6. The number of sulfonamides is 2. The van der Waals surface area contributed by atoms with Crippen LogP contribution in [0.5, 0.6) is 5.75 Å². The smallest absolute Gasteiger partial charge is 0.244 e. The minimum atomic E-state index is -3.92. The number of phenols is 1. The Morgan fingerprint density at radius 1 is 1.16 bits per heavy atom. The Hall–Kier alpha value is -1.16. The fourth-order valence-electron chi connectivity index (χ4n) is 1.25. The molecule has 0 radical (unpaired) electrons.